The number of halogens is 1. The third kappa shape index (κ3) is 3.63. The Hall–Kier alpha value is -0.320. The molecule has 1 aromatic rings. The van der Waals surface area contributed by atoms with E-state index in [-0.39, 0.29) is 0 Å². The fourth-order valence-corrected chi connectivity index (χ4v) is 2.15. The SMILES string of the molecule is Brc1ccc(CNCC2CCCOC2)o1. The topological polar surface area (TPSA) is 34.4 Å². The summed E-state index contributed by atoms with van der Waals surface area (Å²) >= 11 is 3.29. The molecule has 1 saturated heterocycles. The van der Waals surface area contributed by atoms with E-state index < -0.39 is 0 Å². The van der Waals surface area contributed by atoms with Crippen LogP contribution in [0.3, 0.4) is 0 Å². The third-order valence-electron chi connectivity index (χ3n) is 2.62. The van der Waals surface area contributed by atoms with Crippen LogP contribution >= 0.6 is 15.9 Å². The van der Waals surface area contributed by atoms with Crippen molar-refractivity contribution in [1.82, 2.24) is 5.32 Å². The third-order valence-corrected chi connectivity index (χ3v) is 3.04. The second-order valence-corrected chi connectivity index (χ2v) is 4.70. The quantitative estimate of drug-likeness (QED) is 0.916. The van der Waals surface area contributed by atoms with Crippen LogP contribution in [0.5, 0.6) is 0 Å². The van der Waals surface area contributed by atoms with E-state index in [1.54, 1.807) is 0 Å². The minimum atomic E-state index is 0.664. The summed E-state index contributed by atoms with van der Waals surface area (Å²) in [6.45, 7) is 3.64. The predicted molar refractivity (Wildman–Crippen MR) is 61.7 cm³/mol. The van der Waals surface area contributed by atoms with Crippen molar-refractivity contribution < 1.29 is 9.15 Å². The molecule has 1 unspecified atom stereocenters. The Balaban J connectivity index is 1.65. The number of nitrogens with one attached hydrogen (secondary N) is 1. The van der Waals surface area contributed by atoms with Crippen molar-refractivity contribution in [3.8, 4) is 0 Å². The van der Waals surface area contributed by atoms with Crippen molar-refractivity contribution in [3.63, 3.8) is 0 Å². The molecule has 0 radical (unpaired) electrons. The molecule has 2 rings (SSSR count). The van der Waals surface area contributed by atoms with Crippen LogP contribution in [-0.2, 0) is 11.3 Å². The van der Waals surface area contributed by atoms with Crippen molar-refractivity contribution in [2.24, 2.45) is 5.92 Å². The summed E-state index contributed by atoms with van der Waals surface area (Å²) < 4.78 is 11.6. The molecule has 0 bridgehead atoms. The molecule has 1 fully saturated rings. The summed E-state index contributed by atoms with van der Waals surface area (Å²) in [6, 6.07) is 3.90. The molecular weight excluding hydrogens is 258 g/mol. The lowest BCUT2D eigenvalue weighted by Gasteiger charge is -2.21. The van der Waals surface area contributed by atoms with Crippen LogP contribution in [-0.4, -0.2) is 19.8 Å². The summed E-state index contributed by atoms with van der Waals surface area (Å²) in [5.41, 5.74) is 0. The number of hydrogen-bond donors (Lipinski definition) is 1. The van der Waals surface area contributed by atoms with Crippen molar-refractivity contribution in [3.05, 3.63) is 22.6 Å². The van der Waals surface area contributed by atoms with E-state index in [1.165, 1.54) is 12.8 Å². The van der Waals surface area contributed by atoms with Crippen LogP contribution in [0, 0.1) is 5.92 Å². The Morgan fingerprint density at radius 3 is 3.07 bits per heavy atom. The number of hydrogen-bond acceptors (Lipinski definition) is 3. The zero-order chi connectivity index (χ0) is 10.5. The number of ether oxygens (including phenoxy) is 1. The van der Waals surface area contributed by atoms with Gasteiger partial charge in [0.2, 0.25) is 0 Å². The Morgan fingerprint density at radius 2 is 2.40 bits per heavy atom. The lowest BCUT2D eigenvalue weighted by molar-refractivity contribution is 0.0546. The first-order valence-electron chi connectivity index (χ1n) is 5.37. The van der Waals surface area contributed by atoms with Crippen molar-refractivity contribution in [2.45, 2.75) is 19.4 Å². The molecule has 0 saturated carbocycles. The van der Waals surface area contributed by atoms with Crippen LogP contribution in [0.1, 0.15) is 18.6 Å². The molecule has 0 aromatic carbocycles. The molecule has 0 spiro atoms. The summed E-state index contributed by atoms with van der Waals surface area (Å²) in [6.07, 6.45) is 2.47. The Morgan fingerprint density at radius 1 is 1.47 bits per heavy atom. The second-order valence-electron chi connectivity index (χ2n) is 3.92. The van der Waals surface area contributed by atoms with Crippen LogP contribution in [0.4, 0.5) is 0 Å². The molecule has 1 aliphatic heterocycles. The monoisotopic (exact) mass is 273 g/mol. The van der Waals surface area contributed by atoms with Crippen LogP contribution in [0.25, 0.3) is 0 Å². The molecule has 1 N–H and O–H groups in total. The van der Waals surface area contributed by atoms with Gasteiger partial charge < -0.3 is 14.5 Å². The van der Waals surface area contributed by atoms with Crippen LogP contribution in [0.2, 0.25) is 0 Å². The molecular formula is C11H16BrNO2. The van der Waals surface area contributed by atoms with Gasteiger partial charge in [-0.2, -0.15) is 0 Å². The van der Waals surface area contributed by atoms with E-state index in [0.29, 0.717) is 5.92 Å². The Labute approximate surface area is 98.3 Å². The van der Waals surface area contributed by atoms with Crippen molar-refractivity contribution in [2.75, 3.05) is 19.8 Å². The maximum Gasteiger partial charge on any atom is 0.169 e. The minimum Gasteiger partial charge on any atom is -0.453 e. The van der Waals surface area contributed by atoms with Crippen molar-refractivity contribution in [1.29, 1.82) is 0 Å². The van der Waals surface area contributed by atoms with Gasteiger partial charge in [-0.05, 0) is 46.8 Å². The first kappa shape index (κ1) is 11.2. The summed E-state index contributed by atoms with van der Waals surface area (Å²) in [4.78, 5) is 0. The van der Waals surface area contributed by atoms with Crippen molar-refractivity contribution >= 4 is 15.9 Å². The number of rotatable bonds is 4. The van der Waals surface area contributed by atoms with Gasteiger partial charge in [-0.3, -0.25) is 0 Å². The minimum absolute atomic E-state index is 0.664. The molecule has 0 amide bonds. The lowest BCUT2D eigenvalue weighted by Crippen LogP contribution is -2.28. The van der Waals surface area contributed by atoms with Gasteiger partial charge in [0.1, 0.15) is 5.76 Å². The van der Waals surface area contributed by atoms with Gasteiger partial charge in [0, 0.05) is 13.2 Å². The Bertz CT molecular complexity index is 295. The molecule has 3 nitrogen and oxygen atoms in total. The molecule has 1 aromatic heterocycles. The summed E-state index contributed by atoms with van der Waals surface area (Å²) in [5, 5.41) is 3.39. The molecule has 1 atom stereocenters. The average Bonchev–Trinajstić information content (AvgIpc) is 2.66. The lowest BCUT2D eigenvalue weighted by atomic mass is 10.0. The second kappa shape index (κ2) is 5.68. The van der Waals surface area contributed by atoms with E-state index in [4.69, 9.17) is 9.15 Å². The predicted octanol–water partition coefficient (Wildman–Crippen LogP) is 2.56. The molecule has 0 aliphatic carbocycles. The molecule has 15 heavy (non-hydrogen) atoms. The largest absolute Gasteiger partial charge is 0.453 e. The molecule has 2 heterocycles. The highest BCUT2D eigenvalue weighted by atomic mass is 79.9. The van der Waals surface area contributed by atoms with Crippen LogP contribution in [0.15, 0.2) is 21.2 Å². The van der Waals surface area contributed by atoms with E-state index in [2.05, 4.69) is 21.2 Å². The zero-order valence-electron chi connectivity index (χ0n) is 8.67. The maximum absolute atomic E-state index is 5.42. The van der Waals surface area contributed by atoms with Gasteiger partial charge in [-0.25, -0.2) is 0 Å². The van der Waals surface area contributed by atoms with Crippen LogP contribution < -0.4 is 5.32 Å². The summed E-state index contributed by atoms with van der Waals surface area (Å²) in [7, 11) is 0. The highest BCUT2D eigenvalue weighted by Gasteiger charge is 2.13. The molecule has 84 valence electrons. The highest BCUT2D eigenvalue weighted by Crippen LogP contribution is 2.15. The Kier molecular flexibility index (Phi) is 4.23. The normalized spacial score (nSPS) is 21.8. The van der Waals surface area contributed by atoms with E-state index >= 15 is 0 Å². The highest BCUT2D eigenvalue weighted by molar-refractivity contribution is 9.10. The molecule has 4 heteroatoms. The average molecular weight is 274 g/mol. The van der Waals surface area contributed by atoms with Gasteiger partial charge in [-0.15, -0.1) is 0 Å². The van der Waals surface area contributed by atoms with Gasteiger partial charge in [-0.1, -0.05) is 0 Å². The number of furan rings is 1. The standard InChI is InChI=1S/C11H16BrNO2/c12-11-4-3-10(15-11)7-13-6-9-2-1-5-14-8-9/h3-4,9,13H,1-2,5-8H2. The fourth-order valence-electron chi connectivity index (χ4n) is 1.81. The van der Waals surface area contributed by atoms with E-state index in [1.807, 2.05) is 12.1 Å². The fraction of sp³-hybridized carbons (Fsp3) is 0.636. The van der Waals surface area contributed by atoms with Gasteiger partial charge in [0.05, 0.1) is 13.2 Å². The zero-order valence-corrected chi connectivity index (χ0v) is 10.3. The van der Waals surface area contributed by atoms with Gasteiger partial charge in [0.25, 0.3) is 0 Å². The smallest absolute Gasteiger partial charge is 0.169 e. The first-order chi connectivity index (χ1) is 7.34. The summed E-state index contributed by atoms with van der Waals surface area (Å²) in [5.74, 6) is 1.63. The van der Waals surface area contributed by atoms with Gasteiger partial charge in [0.15, 0.2) is 4.67 Å². The maximum atomic E-state index is 5.42. The van der Waals surface area contributed by atoms with E-state index in [9.17, 15) is 0 Å². The first-order valence-corrected chi connectivity index (χ1v) is 6.16. The molecule has 1 aliphatic rings. The van der Waals surface area contributed by atoms with E-state index in [0.717, 1.165) is 36.7 Å². The van der Waals surface area contributed by atoms with Gasteiger partial charge >= 0.3 is 0 Å².